The van der Waals surface area contributed by atoms with E-state index in [-0.39, 0.29) is 19.7 Å². The summed E-state index contributed by atoms with van der Waals surface area (Å²) in [4.78, 5) is 25.0. The number of hydrogen-bond acceptors (Lipinski definition) is 5. The van der Waals surface area contributed by atoms with Crippen molar-refractivity contribution in [1.82, 2.24) is 4.31 Å². The highest BCUT2D eigenvalue weighted by atomic mass is 32.2. The van der Waals surface area contributed by atoms with Crippen LogP contribution < -0.4 is 5.32 Å². The Morgan fingerprint density at radius 3 is 2.30 bits per heavy atom. The number of carbonyl (C=O) groups excluding carboxylic acids is 2. The third-order valence-corrected chi connectivity index (χ3v) is 8.16. The average molecular weight is 473 g/mol. The molecular formula is C25H32N2O5S. The Bertz CT molecular complexity index is 1110. The second-order valence-electron chi connectivity index (χ2n) is 8.62. The van der Waals surface area contributed by atoms with E-state index in [0.717, 1.165) is 28.7 Å². The van der Waals surface area contributed by atoms with Gasteiger partial charge in [0, 0.05) is 18.8 Å². The summed E-state index contributed by atoms with van der Waals surface area (Å²) >= 11 is 0. The van der Waals surface area contributed by atoms with Crippen molar-refractivity contribution in [2.45, 2.75) is 51.9 Å². The maximum absolute atomic E-state index is 13.2. The van der Waals surface area contributed by atoms with Gasteiger partial charge in [-0.2, -0.15) is 4.31 Å². The smallest absolute Gasteiger partial charge is 0.309 e. The van der Waals surface area contributed by atoms with E-state index < -0.39 is 27.8 Å². The molecule has 0 radical (unpaired) electrons. The molecule has 0 unspecified atom stereocenters. The molecule has 1 fully saturated rings. The van der Waals surface area contributed by atoms with Crippen molar-refractivity contribution in [3.63, 3.8) is 0 Å². The molecule has 0 atom stereocenters. The summed E-state index contributed by atoms with van der Waals surface area (Å²) in [6.07, 6.45) is 1.58. The molecule has 0 aliphatic carbocycles. The molecular weight excluding hydrogens is 440 g/mol. The van der Waals surface area contributed by atoms with Gasteiger partial charge in [0.2, 0.25) is 10.0 Å². The van der Waals surface area contributed by atoms with Crippen LogP contribution in [0.2, 0.25) is 0 Å². The van der Waals surface area contributed by atoms with Gasteiger partial charge in [0.15, 0.2) is 6.61 Å². The van der Waals surface area contributed by atoms with Gasteiger partial charge in [-0.15, -0.1) is 0 Å². The normalized spacial score (nSPS) is 15.3. The van der Waals surface area contributed by atoms with E-state index in [1.54, 1.807) is 19.9 Å². The first-order valence-corrected chi connectivity index (χ1v) is 12.7. The number of rotatable bonds is 7. The first-order chi connectivity index (χ1) is 15.6. The number of sulfonamides is 1. The maximum Gasteiger partial charge on any atom is 0.309 e. The van der Waals surface area contributed by atoms with Gasteiger partial charge in [-0.1, -0.05) is 36.8 Å². The Morgan fingerprint density at radius 2 is 1.70 bits per heavy atom. The van der Waals surface area contributed by atoms with Crippen LogP contribution in [-0.2, 0) is 30.8 Å². The molecule has 8 heteroatoms. The van der Waals surface area contributed by atoms with Crippen LogP contribution in [0.15, 0.2) is 41.3 Å². The van der Waals surface area contributed by atoms with E-state index in [1.807, 2.05) is 44.2 Å². The van der Waals surface area contributed by atoms with Crippen LogP contribution >= 0.6 is 0 Å². The van der Waals surface area contributed by atoms with Gasteiger partial charge in [-0.25, -0.2) is 8.42 Å². The van der Waals surface area contributed by atoms with Gasteiger partial charge in [-0.3, -0.25) is 9.59 Å². The van der Waals surface area contributed by atoms with Crippen molar-refractivity contribution >= 4 is 27.6 Å². The molecule has 7 nitrogen and oxygen atoms in total. The summed E-state index contributed by atoms with van der Waals surface area (Å²) in [7, 11) is -3.64. The summed E-state index contributed by atoms with van der Waals surface area (Å²) in [5, 5.41) is 2.73. The number of ether oxygens (including phenoxy) is 1. The molecule has 2 aromatic rings. The maximum atomic E-state index is 13.2. The number of piperidine rings is 1. The van der Waals surface area contributed by atoms with Gasteiger partial charge >= 0.3 is 5.97 Å². The third-order valence-electron chi connectivity index (χ3n) is 5.95. The molecule has 178 valence electrons. The fourth-order valence-corrected chi connectivity index (χ4v) is 6.24. The van der Waals surface area contributed by atoms with E-state index in [4.69, 9.17) is 4.74 Å². The number of aryl methyl sites for hydroxylation is 4. The van der Waals surface area contributed by atoms with Gasteiger partial charge in [-0.05, 0) is 68.9 Å². The number of hydrogen-bond donors (Lipinski definition) is 1. The molecule has 0 aromatic heterocycles. The van der Waals surface area contributed by atoms with Crippen molar-refractivity contribution < 1.29 is 22.7 Å². The van der Waals surface area contributed by atoms with Gasteiger partial charge < -0.3 is 10.1 Å². The highest BCUT2D eigenvalue weighted by Crippen LogP contribution is 2.29. The number of anilines is 1. The molecule has 2 aromatic carbocycles. The summed E-state index contributed by atoms with van der Waals surface area (Å²) in [6, 6.07) is 11.2. The summed E-state index contributed by atoms with van der Waals surface area (Å²) < 4.78 is 33.1. The highest BCUT2D eigenvalue weighted by Gasteiger charge is 2.34. The number of nitrogens with zero attached hydrogens (tertiary/aromatic N) is 1. The second-order valence-corrected chi connectivity index (χ2v) is 10.5. The van der Waals surface area contributed by atoms with Gasteiger partial charge in [0.25, 0.3) is 5.91 Å². The number of carbonyl (C=O) groups is 2. The summed E-state index contributed by atoms with van der Waals surface area (Å²) in [5.74, 6) is -1.29. The van der Waals surface area contributed by atoms with Crippen LogP contribution in [0, 0.1) is 26.7 Å². The molecule has 1 aliphatic rings. The number of amides is 1. The fourth-order valence-electron chi connectivity index (χ4n) is 4.36. The Morgan fingerprint density at radius 1 is 1.06 bits per heavy atom. The first-order valence-electron chi connectivity index (χ1n) is 11.2. The van der Waals surface area contributed by atoms with Crippen molar-refractivity contribution in [3.8, 4) is 0 Å². The molecule has 1 amide bonds. The van der Waals surface area contributed by atoms with E-state index in [0.29, 0.717) is 23.4 Å². The highest BCUT2D eigenvalue weighted by molar-refractivity contribution is 7.89. The van der Waals surface area contributed by atoms with E-state index in [2.05, 4.69) is 5.32 Å². The SMILES string of the molecule is CCc1cccc(NC(=O)COC(=O)C2CCN(S(=O)(=O)c3c(C)cc(C)cc3C)CC2)c1. The molecule has 1 aliphatic heterocycles. The zero-order chi connectivity index (χ0) is 24.2. The molecule has 1 saturated heterocycles. The molecule has 33 heavy (non-hydrogen) atoms. The van der Waals surface area contributed by atoms with Crippen LogP contribution in [0.3, 0.4) is 0 Å². The Labute approximate surface area is 196 Å². The Kier molecular flexibility index (Phi) is 7.92. The topological polar surface area (TPSA) is 92.8 Å². The van der Waals surface area contributed by atoms with Crippen molar-refractivity contribution in [1.29, 1.82) is 0 Å². The predicted molar refractivity (Wildman–Crippen MR) is 128 cm³/mol. The molecule has 0 saturated carbocycles. The van der Waals surface area contributed by atoms with Crippen molar-refractivity contribution in [3.05, 3.63) is 58.7 Å². The fraction of sp³-hybridized carbons (Fsp3) is 0.440. The van der Waals surface area contributed by atoms with Crippen LogP contribution in [0.5, 0.6) is 0 Å². The van der Waals surface area contributed by atoms with Gasteiger partial charge in [0.05, 0.1) is 10.8 Å². The Balaban J connectivity index is 1.53. The Hall–Kier alpha value is -2.71. The first kappa shape index (κ1) is 24.9. The predicted octanol–water partition coefficient (Wildman–Crippen LogP) is 3.76. The third kappa shape index (κ3) is 6.00. The average Bonchev–Trinajstić information content (AvgIpc) is 2.76. The summed E-state index contributed by atoms with van der Waals surface area (Å²) in [6.45, 7) is 7.70. The van der Waals surface area contributed by atoms with Crippen LogP contribution in [0.25, 0.3) is 0 Å². The molecule has 0 spiro atoms. The number of esters is 1. The van der Waals surface area contributed by atoms with Crippen molar-refractivity contribution in [2.24, 2.45) is 5.92 Å². The van der Waals surface area contributed by atoms with Crippen LogP contribution in [-0.4, -0.2) is 44.3 Å². The van der Waals surface area contributed by atoms with Crippen molar-refractivity contribution in [2.75, 3.05) is 25.0 Å². The largest absolute Gasteiger partial charge is 0.455 e. The zero-order valence-electron chi connectivity index (χ0n) is 19.7. The molecule has 0 bridgehead atoms. The number of nitrogens with one attached hydrogen (secondary N) is 1. The minimum Gasteiger partial charge on any atom is -0.455 e. The minimum atomic E-state index is -3.64. The lowest BCUT2D eigenvalue weighted by atomic mass is 9.98. The van der Waals surface area contributed by atoms with Crippen LogP contribution in [0.1, 0.15) is 42.0 Å². The van der Waals surface area contributed by atoms with Gasteiger partial charge in [0.1, 0.15) is 0 Å². The second kappa shape index (κ2) is 10.5. The molecule has 1 heterocycles. The van der Waals surface area contributed by atoms with E-state index in [1.165, 1.54) is 4.31 Å². The standard InChI is InChI=1S/C25H32N2O5S/c1-5-20-7-6-8-22(15-20)26-23(28)16-32-25(29)21-9-11-27(12-10-21)33(30,31)24-18(3)13-17(2)14-19(24)4/h6-8,13-15,21H,5,9-12,16H2,1-4H3,(H,26,28). The lowest BCUT2D eigenvalue weighted by molar-refractivity contribution is -0.152. The number of benzene rings is 2. The summed E-state index contributed by atoms with van der Waals surface area (Å²) in [5.41, 5.74) is 4.24. The lowest BCUT2D eigenvalue weighted by Crippen LogP contribution is -2.41. The molecule has 3 rings (SSSR count). The quantitative estimate of drug-likeness (QED) is 0.620. The monoisotopic (exact) mass is 472 g/mol. The van der Waals surface area contributed by atoms with Crippen LogP contribution in [0.4, 0.5) is 5.69 Å². The van der Waals surface area contributed by atoms with E-state index >= 15 is 0 Å². The molecule has 1 N–H and O–H groups in total. The lowest BCUT2D eigenvalue weighted by Gasteiger charge is -2.31. The van der Waals surface area contributed by atoms with E-state index in [9.17, 15) is 18.0 Å². The minimum absolute atomic E-state index is 0.241. The zero-order valence-corrected chi connectivity index (χ0v) is 20.5.